The Balaban J connectivity index is 1.48. The molecule has 25 heavy (non-hydrogen) atoms. The number of para-hydroxylation sites is 1. The van der Waals surface area contributed by atoms with Crippen LogP contribution in [0.2, 0.25) is 0 Å². The van der Waals surface area contributed by atoms with Gasteiger partial charge in [0, 0.05) is 46.2 Å². The van der Waals surface area contributed by atoms with Gasteiger partial charge < -0.3 is 14.5 Å². The molecule has 0 N–H and O–H groups in total. The summed E-state index contributed by atoms with van der Waals surface area (Å²) in [5.41, 5.74) is 0.653. The predicted octanol–water partition coefficient (Wildman–Crippen LogP) is 1.21. The summed E-state index contributed by atoms with van der Waals surface area (Å²) in [5.74, 6) is 0.895. The van der Waals surface area contributed by atoms with E-state index < -0.39 is 0 Å². The summed E-state index contributed by atoms with van der Waals surface area (Å²) < 4.78 is 6.23. The van der Waals surface area contributed by atoms with Crippen LogP contribution >= 0.6 is 0 Å². The van der Waals surface area contributed by atoms with Gasteiger partial charge in [0.2, 0.25) is 5.91 Å². The van der Waals surface area contributed by atoms with Crippen molar-refractivity contribution < 1.29 is 14.3 Å². The van der Waals surface area contributed by atoms with Crippen LogP contribution in [0.1, 0.15) is 30.1 Å². The molecule has 4 rings (SSSR count). The summed E-state index contributed by atoms with van der Waals surface area (Å²) in [7, 11) is 1.88. The summed E-state index contributed by atoms with van der Waals surface area (Å²) in [6, 6.07) is 8.05. The first-order valence-electron chi connectivity index (χ1n) is 9.07. The van der Waals surface area contributed by atoms with E-state index in [0.29, 0.717) is 17.4 Å². The highest BCUT2D eigenvalue weighted by atomic mass is 16.5. The largest absolute Gasteiger partial charge is 0.486 e. The molecular weight excluding hydrogens is 318 g/mol. The van der Waals surface area contributed by atoms with Crippen molar-refractivity contribution in [2.45, 2.75) is 38.0 Å². The summed E-state index contributed by atoms with van der Waals surface area (Å²) in [6.07, 6.45) is 1.99. The zero-order valence-corrected chi connectivity index (χ0v) is 14.9. The van der Waals surface area contributed by atoms with Crippen molar-refractivity contribution in [1.29, 1.82) is 0 Å². The standard InChI is InChI=1S/C19H25N3O3/c1-13(23)21-9-7-14(8-10-21)22-11-16-18(12-22)25-17-6-4-3-5-15(17)19(24)20(16)2/h3-6,14,16,18H,7-12H2,1-2H3/t16-,18+/m1/s1. The number of likely N-dealkylation sites (tertiary alicyclic amines) is 2. The molecule has 2 amide bonds. The smallest absolute Gasteiger partial charge is 0.257 e. The lowest BCUT2D eigenvalue weighted by molar-refractivity contribution is -0.130. The summed E-state index contributed by atoms with van der Waals surface area (Å²) in [6.45, 7) is 4.96. The monoisotopic (exact) mass is 343 g/mol. The molecule has 0 bridgehead atoms. The third-order valence-electron chi connectivity index (χ3n) is 5.91. The fourth-order valence-corrected chi connectivity index (χ4v) is 4.37. The molecule has 2 saturated heterocycles. The zero-order valence-electron chi connectivity index (χ0n) is 14.9. The minimum absolute atomic E-state index is 0.00318. The minimum Gasteiger partial charge on any atom is -0.486 e. The van der Waals surface area contributed by atoms with E-state index in [0.717, 1.165) is 39.0 Å². The van der Waals surface area contributed by atoms with Gasteiger partial charge >= 0.3 is 0 Å². The summed E-state index contributed by atoms with van der Waals surface area (Å²) in [4.78, 5) is 30.5. The van der Waals surface area contributed by atoms with Crippen LogP contribution in [0.3, 0.4) is 0 Å². The predicted molar refractivity (Wildman–Crippen MR) is 93.6 cm³/mol. The molecule has 134 valence electrons. The van der Waals surface area contributed by atoms with E-state index in [1.54, 1.807) is 6.92 Å². The van der Waals surface area contributed by atoms with Gasteiger partial charge in [-0.15, -0.1) is 0 Å². The van der Waals surface area contributed by atoms with Gasteiger partial charge in [-0.25, -0.2) is 0 Å². The molecule has 2 fully saturated rings. The van der Waals surface area contributed by atoms with Crippen molar-refractivity contribution in [2.75, 3.05) is 33.2 Å². The third-order valence-corrected chi connectivity index (χ3v) is 5.91. The zero-order chi connectivity index (χ0) is 17.6. The maximum Gasteiger partial charge on any atom is 0.257 e. The maximum absolute atomic E-state index is 12.8. The first-order valence-corrected chi connectivity index (χ1v) is 9.07. The summed E-state index contributed by atoms with van der Waals surface area (Å²) in [5, 5.41) is 0. The highest BCUT2D eigenvalue weighted by Crippen LogP contribution is 2.32. The van der Waals surface area contributed by atoms with Crippen molar-refractivity contribution in [1.82, 2.24) is 14.7 Å². The number of carbonyl (C=O) groups excluding carboxylic acids is 2. The van der Waals surface area contributed by atoms with Crippen molar-refractivity contribution >= 4 is 11.8 Å². The van der Waals surface area contributed by atoms with Gasteiger partial charge in [0.15, 0.2) is 0 Å². The molecule has 6 heteroatoms. The number of benzene rings is 1. The van der Waals surface area contributed by atoms with Gasteiger partial charge in [-0.05, 0) is 25.0 Å². The van der Waals surface area contributed by atoms with Gasteiger partial charge in [-0.3, -0.25) is 14.5 Å². The van der Waals surface area contributed by atoms with Gasteiger partial charge in [0.1, 0.15) is 11.9 Å². The number of nitrogens with zero attached hydrogens (tertiary/aromatic N) is 3. The third kappa shape index (κ3) is 2.88. The lowest BCUT2D eigenvalue weighted by atomic mass is 10.0. The number of piperidine rings is 1. The Hall–Kier alpha value is -2.08. The van der Waals surface area contributed by atoms with Crippen LogP contribution in [0.15, 0.2) is 24.3 Å². The van der Waals surface area contributed by atoms with E-state index in [1.807, 2.05) is 41.1 Å². The molecule has 6 nitrogen and oxygen atoms in total. The lowest BCUT2D eigenvalue weighted by Gasteiger charge is -2.36. The van der Waals surface area contributed by atoms with E-state index in [9.17, 15) is 9.59 Å². The van der Waals surface area contributed by atoms with Gasteiger partial charge in [-0.1, -0.05) is 12.1 Å². The van der Waals surface area contributed by atoms with Crippen molar-refractivity contribution in [2.24, 2.45) is 0 Å². The number of hydrogen-bond donors (Lipinski definition) is 0. The molecular formula is C19H25N3O3. The SMILES string of the molecule is CC(=O)N1CCC(N2C[C@@H]3Oc4ccccc4C(=O)N(C)[C@@H]3C2)CC1. The van der Waals surface area contributed by atoms with Crippen LogP contribution in [0, 0.1) is 0 Å². The number of rotatable bonds is 1. The Morgan fingerprint density at radius 2 is 1.88 bits per heavy atom. The Bertz CT molecular complexity index is 684. The molecule has 0 aromatic heterocycles. The fraction of sp³-hybridized carbons (Fsp3) is 0.579. The van der Waals surface area contributed by atoms with E-state index in [1.165, 1.54) is 0 Å². The second-order valence-corrected chi connectivity index (χ2v) is 7.33. The normalized spacial score (nSPS) is 27.5. The second-order valence-electron chi connectivity index (χ2n) is 7.33. The van der Waals surface area contributed by atoms with Crippen LogP contribution in [-0.2, 0) is 4.79 Å². The molecule has 0 saturated carbocycles. The minimum atomic E-state index is 0.00318. The average molecular weight is 343 g/mol. The highest BCUT2D eigenvalue weighted by Gasteiger charge is 2.44. The van der Waals surface area contributed by atoms with Gasteiger partial charge in [0.05, 0.1) is 11.6 Å². The topological polar surface area (TPSA) is 53.1 Å². The molecule has 0 unspecified atom stereocenters. The molecule has 3 aliphatic heterocycles. The van der Waals surface area contributed by atoms with Crippen LogP contribution in [0.5, 0.6) is 5.75 Å². The lowest BCUT2D eigenvalue weighted by Crippen LogP contribution is -2.47. The van der Waals surface area contributed by atoms with Crippen molar-refractivity contribution in [3.8, 4) is 5.75 Å². The van der Waals surface area contributed by atoms with E-state index >= 15 is 0 Å². The quantitative estimate of drug-likeness (QED) is 0.769. The van der Waals surface area contributed by atoms with Crippen LogP contribution in [0.4, 0.5) is 0 Å². The molecule has 1 aromatic rings. The average Bonchev–Trinajstić information content (AvgIpc) is 3.01. The molecule has 3 aliphatic rings. The van der Waals surface area contributed by atoms with Crippen molar-refractivity contribution in [3.63, 3.8) is 0 Å². The molecule has 0 spiro atoms. The highest BCUT2D eigenvalue weighted by molar-refractivity contribution is 5.97. The van der Waals surface area contributed by atoms with Crippen LogP contribution in [-0.4, -0.2) is 77.9 Å². The Labute approximate surface area is 148 Å². The Kier molecular flexibility index (Phi) is 4.15. The van der Waals surface area contributed by atoms with E-state index in [-0.39, 0.29) is 24.0 Å². The molecule has 0 radical (unpaired) electrons. The van der Waals surface area contributed by atoms with Crippen LogP contribution in [0.25, 0.3) is 0 Å². The molecule has 3 heterocycles. The fourth-order valence-electron chi connectivity index (χ4n) is 4.37. The first-order chi connectivity index (χ1) is 12.0. The number of fused-ring (bicyclic) bond motifs is 2. The van der Waals surface area contributed by atoms with E-state index in [2.05, 4.69) is 4.90 Å². The van der Waals surface area contributed by atoms with E-state index in [4.69, 9.17) is 4.74 Å². The number of ether oxygens (including phenoxy) is 1. The molecule has 2 atom stereocenters. The molecule has 0 aliphatic carbocycles. The summed E-state index contributed by atoms with van der Waals surface area (Å²) >= 11 is 0. The number of carbonyl (C=O) groups is 2. The number of likely N-dealkylation sites (N-methyl/N-ethyl adjacent to an activating group) is 1. The molecule has 1 aromatic carbocycles. The number of amides is 2. The number of hydrogen-bond acceptors (Lipinski definition) is 4. The Morgan fingerprint density at radius 3 is 2.60 bits per heavy atom. The first kappa shape index (κ1) is 16.4. The second kappa shape index (κ2) is 6.33. The van der Waals surface area contributed by atoms with Gasteiger partial charge in [-0.2, -0.15) is 0 Å². The van der Waals surface area contributed by atoms with Crippen LogP contribution < -0.4 is 4.74 Å². The van der Waals surface area contributed by atoms with Gasteiger partial charge in [0.25, 0.3) is 5.91 Å². The Morgan fingerprint density at radius 1 is 1.16 bits per heavy atom. The van der Waals surface area contributed by atoms with Crippen molar-refractivity contribution in [3.05, 3.63) is 29.8 Å². The maximum atomic E-state index is 12.8.